The van der Waals surface area contributed by atoms with Crippen molar-refractivity contribution in [1.29, 1.82) is 0 Å². The number of nitrogens with zero attached hydrogens (tertiary/aromatic N) is 1. The van der Waals surface area contributed by atoms with Crippen molar-refractivity contribution >= 4 is 22.5 Å². The highest BCUT2D eigenvalue weighted by Crippen LogP contribution is 2.46. The zero-order chi connectivity index (χ0) is 16.0. The van der Waals surface area contributed by atoms with Crippen molar-refractivity contribution in [2.24, 2.45) is 5.92 Å². The van der Waals surface area contributed by atoms with Crippen molar-refractivity contribution < 1.29 is 4.74 Å². The van der Waals surface area contributed by atoms with Crippen LogP contribution in [0.2, 0.25) is 5.15 Å². The number of benzene rings is 1. The number of hydrogen-bond acceptors (Lipinski definition) is 2. The second kappa shape index (κ2) is 6.12. The van der Waals surface area contributed by atoms with Crippen molar-refractivity contribution in [2.45, 2.75) is 38.1 Å². The summed E-state index contributed by atoms with van der Waals surface area (Å²) in [7, 11) is 1.82. The third-order valence-corrected chi connectivity index (χ3v) is 5.97. The highest BCUT2D eigenvalue weighted by Gasteiger charge is 2.41. The second-order valence-electron chi connectivity index (χ2n) is 7.12. The molecule has 4 heteroatoms. The number of methoxy groups -OCH3 is 1. The molecule has 3 atom stereocenters. The number of nitrogens with one attached hydrogen (secondary N) is 1. The topological polar surface area (TPSA) is 28.3 Å². The van der Waals surface area contributed by atoms with Gasteiger partial charge in [0.25, 0.3) is 0 Å². The van der Waals surface area contributed by atoms with Gasteiger partial charge in [-0.3, -0.25) is 4.90 Å². The minimum Gasteiger partial charge on any atom is -0.384 e. The number of H-pyrrole nitrogens is 1. The summed E-state index contributed by atoms with van der Waals surface area (Å²) in [5, 5.41) is 2.22. The van der Waals surface area contributed by atoms with Gasteiger partial charge in [-0.15, -0.1) is 0 Å². The van der Waals surface area contributed by atoms with Crippen LogP contribution in [0.1, 0.15) is 36.8 Å². The number of halogens is 1. The van der Waals surface area contributed by atoms with E-state index in [4.69, 9.17) is 16.3 Å². The number of fused-ring (bicyclic) bond motifs is 2. The molecule has 0 amide bonds. The molecule has 1 aliphatic carbocycles. The SMILES string of the molecule is CCCN1C[C@H](COC)C[C@@H]2c3cccc4[nH]c(Cl)c(c34)C[C@H]21. The number of aromatic nitrogens is 1. The van der Waals surface area contributed by atoms with E-state index in [1.807, 2.05) is 7.11 Å². The van der Waals surface area contributed by atoms with Crippen molar-refractivity contribution in [3.63, 3.8) is 0 Å². The summed E-state index contributed by atoms with van der Waals surface area (Å²) < 4.78 is 5.48. The Kier molecular flexibility index (Phi) is 4.12. The van der Waals surface area contributed by atoms with Crippen LogP contribution in [-0.4, -0.2) is 42.7 Å². The Morgan fingerprint density at radius 1 is 1.39 bits per heavy atom. The monoisotopic (exact) mass is 332 g/mol. The normalized spacial score (nSPS) is 27.3. The van der Waals surface area contributed by atoms with Gasteiger partial charge in [0.05, 0.1) is 6.61 Å². The fourth-order valence-corrected chi connectivity index (χ4v) is 5.12. The van der Waals surface area contributed by atoms with Gasteiger partial charge < -0.3 is 9.72 Å². The summed E-state index contributed by atoms with van der Waals surface area (Å²) in [6, 6.07) is 7.20. The molecule has 0 radical (unpaired) electrons. The molecule has 23 heavy (non-hydrogen) atoms. The average molecular weight is 333 g/mol. The van der Waals surface area contributed by atoms with E-state index < -0.39 is 0 Å². The molecule has 0 unspecified atom stereocenters. The molecule has 3 nitrogen and oxygen atoms in total. The number of rotatable bonds is 4. The second-order valence-corrected chi connectivity index (χ2v) is 7.50. The number of ether oxygens (including phenoxy) is 1. The van der Waals surface area contributed by atoms with Gasteiger partial charge >= 0.3 is 0 Å². The van der Waals surface area contributed by atoms with E-state index in [9.17, 15) is 0 Å². The van der Waals surface area contributed by atoms with Crippen LogP contribution in [0.5, 0.6) is 0 Å². The standard InChI is InChI=1S/C19H25ClN2O/c1-3-7-22-10-12(11-23-2)8-14-13-5-4-6-16-18(13)15(9-17(14)22)19(20)21-16/h4-6,12,14,17,21H,3,7-11H2,1-2H3/t12-,14-,17-/m1/s1. The Balaban J connectivity index is 1.79. The first-order valence-electron chi connectivity index (χ1n) is 8.74. The van der Waals surface area contributed by atoms with Gasteiger partial charge in [0.1, 0.15) is 5.15 Å². The molecule has 1 saturated heterocycles. The zero-order valence-electron chi connectivity index (χ0n) is 13.9. The van der Waals surface area contributed by atoms with Gasteiger partial charge in [0.2, 0.25) is 0 Å². The van der Waals surface area contributed by atoms with E-state index in [-0.39, 0.29) is 0 Å². The molecule has 0 saturated carbocycles. The number of aromatic amines is 1. The van der Waals surface area contributed by atoms with Crippen LogP contribution < -0.4 is 0 Å². The maximum atomic E-state index is 6.51. The summed E-state index contributed by atoms with van der Waals surface area (Å²) in [5.41, 5.74) is 4.00. The minimum absolute atomic E-state index is 0.578. The summed E-state index contributed by atoms with van der Waals surface area (Å²) in [6.45, 7) is 5.44. The first-order chi connectivity index (χ1) is 11.2. The molecule has 2 aliphatic rings. The molecule has 124 valence electrons. The lowest BCUT2D eigenvalue weighted by atomic mass is 9.72. The molecule has 1 aliphatic heterocycles. The Bertz CT molecular complexity index is 711. The van der Waals surface area contributed by atoms with Crippen molar-refractivity contribution in [3.8, 4) is 0 Å². The molecular weight excluding hydrogens is 308 g/mol. The molecule has 1 aromatic carbocycles. The molecule has 4 rings (SSSR count). The van der Waals surface area contributed by atoms with E-state index >= 15 is 0 Å². The Labute approximate surface area is 143 Å². The molecule has 1 fully saturated rings. The molecule has 2 heterocycles. The Hall–Kier alpha value is -1.03. The highest BCUT2D eigenvalue weighted by molar-refractivity contribution is 6.32. The Morgan fingerprint density at radius 3 is 3.04 bits per heavy atom. The predicted octanol–water partition coefficient (Wildman–Crippen LogP) is 4.21. The number of likely N-dealkylation sites (tertiary alicyclic amines) is 1. The predicted molar refractivity (Wildman–Crippen MR) is 95.4 cm³/mol. The van der Waals surface area contributed by atoms with Gasteiger partial charge in [-0.1, -0.05) is 30.7 Å². The minimum atomic E-state index is 0.578. The van der Waals surface area contributed by atoms with Crippen LogP contribution in [0.25, 0.3) is 10.9 Å². The number of hydrogen-bond donors (Lipinski definition) is 1. The van der Waals surface area contributed by atoms with Crippen molar-refractivity contribution in [2.75, 3.05) is 26.8 Å². The van der Waals surface area contributed by atoms with Crippen LogP contribution in [0.4, 0.5) is 0 Å². The number of piperidine rings is 1. The largest absolute Gasteiger partial charge is 0.384 e. The van der Waals surface area contributed by atoms with Gasteiger partial charge in [0.15, 0.2) is 0 Å². The van der Waals surface area contributed by atoms with Gasteiger partial charge in [-0.2, -0.15) is 0 Å². The summed E-state index contributed by atoms with van der Waals surface area (Å²) in [5.74, 6) is 1.22. The summed E-state index contributed by atoms with van der Waals surface area (Å²) >= 11 is 6.51. The van der Waals surface area contributed by atoms with Gasteiger partial charge in [-0.25, -0.2) is 0 Å². The fourth-order valence-electron chi connectivity index (χ4n) is 4.84. The van der Waals surface area contributed by atoms with Crippen molar-refractivity contribution in [1.82, 2.24) is 9.88 Å². The lowest BCUT2D eigenvalue weighted by Gasteiger charge is -2.47. The van der Waals surface area contributed by atoms with Gasteiger partial charge in [0, 0.05) is 36.5 Å². The lowest BCUT2D eigenvalue weighted by molar-refractivity contribution is 0.0428. The average Bonchev–Trinajstić information content (AvgIpc) is 2.86. The van der Waals surface area contributed by atoms with E-state index in [1.54, 1.807) is 0 Å². The molecular formula is C19H25ClN2O. The first-order valence-corrected chi connectivity index (χ1v) is 9.12. The first kappa shape index (κ1) is 15.5. The van der Waals surface area contributed by atoms with Crippen molar-refractivity contribution in [3.05, 3.63) is 34.5 Å². The van der Waals surface area contributed by atoms with Gasteiger partial charge in [-0.05, 0) is 48.9 Å². The summed E-state index contributed by atoms with van der Waals surface area (Å²) in [6.07, 6.45) is 3.49. The lowest BCUT2D eigenvalue weighted by Crippen LogP contribution is -2.51. The molecule has 2 aromatic rings. The molecule has 0 spiro atoms. The quantitative estimate of drug-likeness (QED) is 0.908. The van der Waals surface area contributed by atoms with Crippen LogP contribution in [0.15, 0.2) is 18.2 Å². The third-order valence-electron chi connectivity index (χ3n) is 5.65. The van der Waals surface area contributed by atoms with E-state index in [2.05, 4.69) is 35.0 Å². The van der Waals surface area contributed by atoms with Crippen LogP contribution in [-0.2, 0) is 11.2 Å². The molecule has 1 N–H and O–H groups in total. The zero-order valence-corrected chi connectivity index (χ0v) is 14.7. The highest BCUT2D eigenvalue weighted by atomic mass is 35.5. The Morgan fingerprint density at radius 2 is 2.26 bits per heavy atom. The van der Waals surface area contributed by atoms with Crippen LogP contribution >= 0.6 is 11.6 Å². The fraction of sp³-hybridized carbons (Fsp3) is 0.579. The smallest absolute Gasteiger partial charge is 0.110 e. The third kappa shape index (κ3) is 2.50. The van der Waals surface area contributed by atoms with E-state index in [0.29, 0.717) is 17.9 Å². The van der Waals surface area contributed by atoms with E-state index in [1.165, 1.54) is 34.9 Å². The van der Waals surface area contributed by atoms with Crippen LogP contribution in [0, 0.1) is 5.92 Å². The van der Waals surface area contributed by atoms with Crippen LogP contribution in [0.3, 0.4) is 0 Å². The summed E-state index contributed by atoms with van der Waals surface area (Å²) in [4.78, 5) is 6.06. The molecule has 1 aromatic heterocycles. The molecule has 0 bridgehead atoms. The maximum Gasteiger partial charge on any atom is 0.110 e. The van der Waals surface area contributed by atoms with E-state index in [0.717, 1.165) is 31.3 Å². The maximum absolute atomic E-state index is 6.51.